The molecule has 3 heteroatoms. The van der Waals surface area contributed by atoms with E-state index >= 15 is 0 Å². The fourth-order valence-corrected chi connectivity index (χ4v) is 3.50. The van der Waals surface area contributed by atoms with Gasteiger partial charge >= 0.3 is 0 Å². The molecular formula is C18H19Br2N. The van der Waals surface area contributed by atoms with Crippen LogP contribution in [0.5, 0.6) is 0 Å². The summed E-state index contributed by atoms with van der Waals surface area (Å²) in [6.07, 6.45) is 2.44. The van der Waals surface area contributed by atoms with E-state index in [2.05, 4.69) is 87.4 Å². The molecule has 0 saturated heterocycles. The molecule has 0 unspecified atom stereocenters. The van der Waals surface area contributed by atoms with Gasteiger partial charge in [0, 0.05) is 20.7 Å². The Kier molecular flexibility index (Phi) is 4.41. The van der Waals surface area contributed by atoms with Crippen molar-refractivity contribution in [1.29, 1.82) is 0 Å². The highest BCUT2D eigenvalue weighted by molar-refractivity contribution is 9.10. The van der Waals surface area contributed by atoms with Crippen LogP contribution in [-0.2, 0) is 0 Å². The molecule has 0 heterocycles. The minimum atomic E-state index is 0.596. The van der Waals surface area contributed by atoms with Crippen molar-refractivity contribution in [2.75, 3.05) is 5.32 Å². The summed E-state index contributed by atoms with van der Waals surface area (Å²) in [5.74, 6) is 0.702. The van der Waals surface area contributed by atoms with Crippen LogP contribution in [-0.4, -0.2) is 6.04 Å². The quantitative estimate of drug-likeness (QED) is 0.638. The molecule has 0 bridgehead atoms. The predicted molar refractivity (Wildman–Crippen MR) is 97.1 cm³/mol. The SMILES string of the molecule is Cc1cc(NC2CC(c3ccc(Br)cc3)C2)cc(C)c1Br. The first kappa shape index (κ1) is 15.1. The maximum atomic E-state index is 3.67. The van der Waals surface area contributed by atoms with Crippen molar-refractivity contribution in [1.82, 2.24) is 0 Å². The lowest BCUT2D eigenvalue weighted by molar-refractivity contribution is 0.374. The first-order valence-corrected chi connectivity index (χ1v) is 8.90. The summed E-state index contributed by atoms with van der Waals surface area (Å²) in [7, 11) is 0. The van der Waals surface area contributed by atoms with Gasteiger partial charge in [0.1, 0.15) is 0 Å². The Morgan fingerprint density at radius 2 is 1.52 bits per heavy atom. The number of hydrogen-bond acceptors (Lipinski definition) is 1. The normalized spacial score (nSPS) is 21.0. The van der Waals surface area contributed by atoms with Gasteiger partial charge in [-0.2, -0.15) is 0 Å². The molecule has 0 aliphatic heterocycles. The van der Waals surface area contributed by atoms with Gasteiger partial charge in [-0.25, -0.2) is 0 Å². The van der Waals surface area contributed by atoms with Crippen LogP contribution in [0.25, 0.3) is 0 Å². The van der Waals surface area contributed by atoms with Gasteiger partial charge < -0.3 is 5.32 Å². The van der Waals surface area contributed by atoms with E-state index in [1.807, 2.05) is 0 Å². The topological polar surface area (TPSA) is 12.0 Å². The van der Waals surface area contributed by atoms with Gasteiger partial charge in [0.05, 0.1) is 0 Å². The lowest BCUT2D eigenvalue weighted by Crippen LogP contribution is -2.34. The van der Waals surface area contributed by atoms with Crippen LogP contribution in [0.4, 0.5) is 5.69 Å². The van der Waals surface area contributed by atoms with Crippen LogP contribution in [0, 0.1) is 13.8 Å². The minimum Gasteiger partial charge on any atom is -0.382 e. The van der Waals surface area contributed by atoms with E-state index in [0.29, 0.717) is 12.0 Å². The Bertz CT molecular complexity index is 620. The molecule has 0 amide bonds. The van der Waals surface area contributed by atoms with Crippen LogP contribution in [0.1, 0.15) is 35.4 Å². The molecule has 1 fully saturated rings. The van der Waals surface area contributed by atoms with E-state index in [-0.39, 0.29) is 0 Å². The fraction of sp³-hybridized carbons (Fsp3) is 0.333. The molecule has 3 rings (SSSR count). The van der Waals surface area contributed by atoms with Crippen molar-refractivity contribution in [2.45, 2.75) is 38.6 Å². The summed E-state index contributed by atoms with van der Waals surface area (Å²) in [6, 6.07) is 13.8. The Morgan fingerprint density at radius 3 is 2.10 bits per heavy atom. The largest absolute Gasteiger partial charge is 0.382 e. The summed E-state index contributed by atoms with van der Waals surface area (Å²) < 4.78 is 2.37. The fourth-order valence-electron chi connectivity index (χ4n) is 3.01. The molecule has 0 atom stereocenters. The molecule has 0 aromatic heterocycles. The van der Waals surface area contributed by atoms with E-state index in [0.717, 1.165) is 4.47 Å². The molecule has 0 spiro atoms. The number of nitrogens with one attached hydrogen (secondary N) is 1. The van der Waals surface area contributed by atoms with Crippen molar-refractivity contribution >= 4 is 37.5 Å². The third-order valence-corrected chi connectivity index (χ3v) is 6.07. The average Bonchev–Trinajstić information content (AvgIpc) is 2.41. The van der Waals surface area contributed by atoms with Gasteiger partial charge in [0.15, 0.2) is 0 Å². The molecule has 21 heavy (non-hydrogen) atoms. The summed E-state index contributed by atoms with van der Waals surface area (Å²) >= 11 is 7.12. The monoisotopic (exact) mass is 407 g/mol. The van der Waals surface area contributed by atoms with Crippen molar-refractivity contribution in [2.24, 2.45) is 0 Å². The Labute approximate surface area is 143 Å². The van der Waals surface area contributed by atoms with Crippen molar-refractivity contribution < 1.29 is 0 Å². The second kappa shape index (κ2) is 6.13. The number of aryl methyl sites for hydroxylation is 2. The number of halogens is 2. The first-order chi connectivity index (χ1) is 10.0. The highest BCUT2D eigenvalue weighted by Gasteiger charge is 2.30. The second-order valence-corrected chi connectivity index (χ2v) is 7.69. The first-order valence-electron chi connectivity index (χ1n) is 7.31. The summed E-state index contributed by atoms with van der Waals surface area (Å²) in [5, 5.41) is 3.67. The summed E-state index contributed by atoms with van der Waals surface area (Å²) in [6.45, 7) is 4.29. The van der Waals surface area contributed by atoms with Gasteiger partial charge in [-0.1, -0.05) is 44.0 Å². The molecule has 1 saturated carbocycles. The molecule has 1 aliphatic rings. The number of anilines is 1. The predicted octanol–water partition coefficient (Wildman–Crippen LogP) is 6.19. The van der Waals surface area contributed by atoms with Gasteiger partial charge in [0.25, 0.3) is 0 Å². The molecule has 1 nitrogen and oxygen atoms in total. The van der Waals surface area contributed by atoms with E-state index in [1.54, 1.807) is 0 Å². The van der Waals surface area contributed by atoms with Gasteiger partial charge in [-0.15, -0.1) is 0 Å². The maximum absolute atomic E-state index is 3.67. The molecular weight excluding hydrogens is 390 g/mol. The van der Waals surface area contributed by atoms with Crippen molar-refractivity contribution in [3.05, 3.63) is 62.0 Å². The van der Waals surface area contributed by atoms with Crippen LogP contribution in [0.3, 0.4) is 0 Å². The average molecular weight is 409 g/mol. The van der Waals surface area contributed by atoms with Crippen molar-refractivity contribution in [3.63, 3.8) is 0 Å². The number of rotatable bonds is 3. The Balaban J connectivity index is 1.61. The molecule has 2 aromatic carbocycles. The maximum Gasteiger partial charge on any atom is 0.0348 e. The summed E-state index contributed by atoms with van der Waals surface area (Å²) in [5.41, 5.74) is 5.29. The van der Waals surface area contributed by atoms with E-state index in [4.69, 9.17) is 0 Å². The van der Waals surface area contributed by atoms with Gasteiger partial charge in [0.2, 0.25) is 0 Å². The second-order valence-electron chi connectivity index (χ2n) is 5.99. The van der Waals surface area contributed by atoms with Gasteiger partial charge in [-0.3, -0.25) is 0 Å². The lowest BCUT2D eigenvalue weighted by Gasteiger charge is -2.37. The van der Waals surface area contributed by atoms with Crippen LogP contribution in [0.2, 0.25) is 0 Å². The molecule has 1 N–H and O–H groups in total. The van der Waals surface area contributed by atoms with Gasteiger partial charge in [-0.05, 0) is 73.6 Å². The molecule has 110 valence electrons. The van der Waals surface area contributed by atoms with E-state index in [9.17, 15) is 0 Å². The van der Waals surface area contributed by atoms with Crippen molar-refractivity contribution in [3.8, 4) is 0 Å². The van der Waals surface area contributed by atoms with Crippen LogP contribution < -0.4 is 5.32 Å². The highest BCUT2D eigenvalue weighted by Crippen LogP contribution is 2.39. The minimum absolute atomic E-state index is 0.596. The number of hydrogen-bond donors (Lipinski definition) is 1. The van der Waals surface area contributed by atoms with E-state index < -0.39 is 0 Å². The number of benzene rings is 2. The Hall–Kier alpha value is -0.800. The smallest absolute Gasteiger partial charge is 0.0348 e. The zero-order valence-electron chi connectivity index (χ0n) is 12.3. The third-order valence-electron chi connectivity index (χ3n) is 4.29. The zero-order valence-corrected chi connectivity index (χ0v) is 15.5. The van der Waals surface area contributed by atoms with Crippen LogP contribution in [0.15, 0.2) is 45.3 Å². The third kappa shape index (κ3) is 3.35. The lowest BCUT2D eigenvalue weighted by atomic mass is 9.76. The Morgan fingerprint density at radius 1 is 0.952 bits per heavy atom. The molecule has 2 aromatic rings. The zero-order chi connectivity index (χ0) is 15.0. The highest BCUT2D eigenvalue weighted by atomic mass is 79.9. The molecule has 0 radical (unpaired) electrons. The van der Waals surface area contributed by atoms with E-state index in [1.165, 1.54) is 39.7 Å². The molecule has 1 aliphatic carbocycles. The summed E-state index contributed by atoms with van der Waals surface area (Å²) in [4.78, 5) is 0. The standard InChI is InChI=1S/C18H19Br2N/c1-11-7-16(8-12(2)18(11)20)21-17-9-14(10-17)13-3-5-15(19)6-4-13/h3-8,14,17,21H,9-10H2,1-2H3. The van der Waals surface area contributed by atoms with Crippen LogP contribution >= 0.6 is 31.9 Å².